The summed E-state index contributed by atoms with van der Waals surface area (Å²) in [5, 5.41) is 11.0. The zero-order valence-corrected chi connectivity index (χ0v) is 34.1. The minimum Gasteiger partial charge on any atom is -0.495 e. The normalized spacial score (nSPS) is 18.0. The van der Waals surface area contributed by atoms with Crippen molar-refractivity contribution < 1.29 is 24.2 Å². The average molecular weight is 743 g/mol. The molecule has 1 N–H and O–H groups in total. The van der Waals surface area contributed by atoms with Gasteiger partial charge in [0, 0.05) is 16.7 Å². The number of aryl methyl sites for hydroxylation is 4. The van der Waals surface area contributed by atoms with E-state index in [0.717, 1.165) is 60.2 Å². The first-order valence-corrected chi connectivity index (χ1v) is 20.2. The van der Waals surface area contributed by atoms with Crippen molar-refractivity contribution in [1.29, 1.82) is 0 Å². The number of nitrogens with zero attached hydrogens (tertiary/aromatic N) is 2. The lowest BCUT2D eigenvalue weighted by Gasteiger charge is -2.25. The molecular formula is C48H58N2O5. The van der Waals surface area contributed by atoms with Crippen molar-refractivity contribution in [2.75, 3.05) is 24.0 Å². The summed E-state index contributed by atoms with van der Waals surface area (Å²) < 4.78 is 11.3. The summed E-state index contributed by atoms with van der Waals surface area (Å²) in [6.07, 6.45) is 10.5. The van der Waals surface area contributed by atoms with Gasteiger partial charge in [-0.05, 0) is 138 Å². The summed E-state index contributed by atoms with van der Waals surface area (Å²) in [7, 11) is 3.33. The number of aliphatic hydroxyl groups excluding tert-OH is 1. The SMILES string of the molecule is COc1cc2c(cc1N1C(=O)c3cc(C(C)(C)C)ccc3C1O)CCCCC2.COc1cc2c(cc1N1Cc3ccc(C(C)(C)C)cc3C1=O)CCCCC2. The predicted octanol–water partition coefficient (Wildman–Crippen LogP) is 10.3. The van der Waals surface area contributed by atoms with Crippen LogP contribution in [0.5, 0.6) is 11.5 Å². The molecule has 1 unspecified atom stereocenters. The van der Waals surface area contributed by atoms with E-state index >= 15 is 0 Å². The Labute approximate surface area is 327 Å². The molecule has 4 aromatic rings. The van der Waals surface area contributed by atoms with Crippen LogP contribution in [-0.4, -0.2) is 31.1 Å². The smallest absolute Gasteiger partial charge is 0.261 e. The van der Waals surface area contributed by atoms with Crippen molar-refractivity contribution in [2.24, 2.45) is 0 Å². The van der Waals surface area contributed by atoms with E-state index in [1.165, 1.54) is 64.8 Å². The fraction of sp³-hybridized carbons (Fsp3) is 0.458. The van der Waals surface area contributed by atoms with Gasteiger partial charge in [0.05, 0.1) is 32.1 Å². The van der Waals surface area contributed by atoms with Crippen molar-refractivity contribution in [2.45, 2.75) is 129 Å². The molecular weight excluding hydrogens is 685 g/mol. The fourth-order valence-corrected chi connectivity index (χ4v) is 8.60. The number of rotatable bonds is 4. The van der Waals surface area contributed by atoms with E-state index < -0.39 is 6.23 Å². The highest BCUT2D eigenvalue weighted by Crippen LogP contribution is 2.44. The number of carbonyl (C=O) groups excluding carboxylic acids is 2. The Bertz CT molecular complexity index is 2120. The van der Waals surface area contributed by atoms with Crippen LogP contribution in [0.3, 0.4) is 0 Å². The summed E-state index contributed by atoms with van der Waals surface area (Å²) >= 11 is 0. The molecule has 0 saturated heterocycles. The van der Waals surface area contributed by atoms with E-state index in [1.807, 2.05) is 23.1 Å². The Morgan fingerprint density at radius 2 is 1.04 bits per heavy atom. The monoisotopic (exact) mass is 742 g/mol. The minimum atomic E-state index is -0.991. The Morgan fingerprint density at radius 1 is 0.564 bits per heavy atom. The van der Waals surface area contributed by atoms with Crippen molar-refractivity contribution in [3.05, 3.63) is 116 Å². The van der Waals surface area contributed by atoms with Crippen LogP contribution in [0.25, 0.3) is 0 Å². The first kappa shape index (κ1) is 38.6. The molecule has 8 rings (SSSR count). The molecule has 2 aliphatic carbocycles. The van der Waals surface area contributed by atoms with Gasteiger partial charge in [-0.2, -0.15) is 0 Å². The average Bonchev–Trinajstić information content (AvgIpc) is 3.36. The molecule has 7 nitrogen and oxygen atoms in total. The number of hydrogen-bond donors (Lipinski definition) is 1. The van der Waals surface area contributed by atoms with Gasteiger partial charge < -0.3 is 19.5 Å². The van der Waals surface area contributed by atoms with Gasteiger partial charge in [-0.15, -0.1) is 0 Å². The second-order valence-corrected chi connectivity index (χ2v) is 17.8. The highest BCUT2D eigenvalue weighted by molar-refractivity contribution is 6.12. The van der Waals surface area contributed by atoms with E-state index in [1.54, 1.807) is 14.2 Å². The number of fused-ring (bicyclic) bond motifs is 4. The Kier molecular flexibility index (Phi) is 10.6. The van der Waals surface area contributed by atoms with Crippen molar-refractivity contribution in [3.8, 4) is 11.5 Å². The third kappa shape index (κ3) is 7.52. The van der Waals surface area contributed by atoms with Crippen LogP contribution >= 0.6 is 0 Å². The van der Waals surface area contributed by atoms with Crippen LogP contribution in [-0.2, 0) is 43.1 Å². The lowest BCUT2D eigenvalue weighted by molar-refractivity contribution is 0.0932. The maximum atomic E-state index is 13.3. The number of carbonyl (C=O) groups is 2. The molecule has 4 aliphatic rings. The fourth-order valence-electron chi connectivity index (χ4n) is 8.60. The molecule has 0 saturated carbocycles. The van der Waals surface area contributed by atoms with Crippen molar-refractivity contribution in [3.63, 3.8) is 0 Å². The topological polar surface area (TPSA) is 79.3 Å². The molecule has 4 aromatic carbocycles. The van der Waals surface area contributed by atoms with Crippen molar-refractivity contribution >= 4 is 23.2 Å². The Balaban J connectivity index is 0.000000169. The summed E-state index contributed by atoms with van der Waals surface area (Å²) in [6, 6.07) is 20.6. The lowest BCUT2D eigenvalue weighted by Crippen LogP contribution is -2.28. The molecule has 55 heavy (non-hydrogen) atoms. The Morgan fingerprint density at radius 3 is 1.56 bits per heavy atom. The molecule has 0 spiro atoms. The largest absolute Gasteiger partial charge is 0.495 e. The second-order valence-electron chi connectivity index (χ2n) is 17.8. The molecule has 1 atom stereocenters. The Hall–Kier alpha value is -4.62. The zero-order chi connectivity index (χ0) is 39.2. The molecule has 0 bridgehead atoms. The first-order chi connectivity index (χ1) is 26.2. The number of methoxy groups -OCH3 is 2. The van der Waals surface area contributed by atoms with Crippen LogP contribution in [0.15, 0.2) is 60.7 Å². The summed E-state index contributed by atoms with van der Waals surface area (Å²) in [5.41, 5.74) is 12.3. The lowest BCUT2D eigenvalue weighted by atomic mass is 9.85. The van der Waals surface area contributed by atoms with Crippen molar-refractivity contribution in [1.82, 2.24) is 0 Å². The molecule has 290 valence electrons. The molecule has 2 heterocycles. The standard InChI is InChI=1S/C24H29NO3.C24H29NO2/c1-24(2,3)17-10-11-18-19(14-17)23(27)25(22(18)26)20-12-15-8-6-5-7-9-16(15)13-21(20)28-4;1-24(2,3)19-11-10-18-15-25(23(26)20(18)14-19)21-12-16-8-6-5-7-9-17(16)13-22(21)27-4/h10-14,22,26H,5-9H2,1-4H3;10-14H,5-9,15H2,1-4H3. The van der Waals surface area contributed by atoms with Gasteiger partial charge >= 0.3 is 0 Å². The third-order valence-corrected chi connectivity index (χ3v) is 12.0. The van der Waals surface area contributed by atoms with Gasteiger partial charge in [0.2, 0.25) is 0 Å². The number of hydrogen-bond acceptors (Lipinski definition) is 5. The van der Waals surface area contributed by atoms with E-state index in [-0.39, 0.29) is 22.6 Å². The van der Waals surface area contributed by atoms with E-state index in [0.29, 0.717) is 29.1 Å². The highest BCUT2D eigenvalue weighted by atomic mass is 16.5. The second kappa shape index (κ2) is 15.1. The zero-order valence-electron chi connectivity index (χ0n) is 34.1. The van der Waals surface area contributed by atoms with E-state index in [4.69, 9.17) is 9.47 Å². The molecule has 7 heteroatoms. The van der Waals surface area contributed by atoms with Gasteiger partial charge in [0.15, 0.2) is 6.23 Å². The highest BCUT2D eigenvalue weighted by Gasteiger charge is 2.39. The molecule has 2 amide bonds. The maximum absolute atomic E-state index is 13.3. The van der Waals surface area contributed by atoms with Crippen LogP contribution in [0.2, 0.25) is 0 Å². The first-order valence-electron chi connectivity index (χ1n) is 20.2. The van der Waals surface area contributed by atoms with Crippen LogP contribution in [0.4, 0.5) is 11.4 Å². The number of aliphatic hydroxyl groups is 1. The number of amides is 2. The van der Waals surface area contributed by atoms with E-state index in [9.17, 15) is 14.7 Å². The van der Waals surface area contributed by atoms with Gasteiger partial charge in [0.1, 0.15) is 11.5 Å². The molecule has 2 aliphatic heterocycles. The number of benzene rings is 4. The molecule has 0 radical (unpaired) electrons. The van der Waals surface area contributed by atoms with Crippen LogP contribution < -0.4 is 19.3 Å². The van der Waals surface area contributed by atoms with Gasteiger partial charge in [-0.1, -0.05) is 78.6 Å². The van der Waals surface area contributed by atoms with Crippen LogP contribution in [0, 0.1) is 0 Å². The number of anilines is 2. The minimum absolute atomic E-state index is 0.0322. The summed E-state index contributed by atoms with van der Waals surface area (Å²) in [6.45, 7) is 13.5. The van der Waals surface area contributed by atoms with E-state index in [2.05, 4.69) is 84.0 Å². The van der Waals surface area contributed by atoms with Gasteiger partial charge in [0.25, 0.3) is 11.8 Å². The summed E-state index contributed by atoms with van der Waals surface area (Å²) in [4.78, 5) is 29.9. The van der Waals surface area contributed by atoms with Gasteiger partial charge in [-0.25, -0.2) is 0 Å². The van der Waals surface area contributed by atoms with Crippen LogP contribution in [0.1, 0.15) is 152 Å². The molecule has 0 aromatic heterocycles. The summed E-state index contributed by atoms with van der Waals surface area (Å²) in [5.74, 6) is 1.38. The predicted molar refractivity (Wildman–Crippen MR) is 221 cm³/mol. The maximum Gasteiger partial charge on any atom is 0.261 e. The molecule has 0 fully saturated rings. The van der Waals surface area contributed by atoms with Gasteiger partial charge in [-0.3, -0.25) is 14.5 Å². The third-order valence-electron chi connectivity index (χ3n) is 12.0. The quantitative estimate of drug-likeness (QED) is 0.211. The number of ether oxygens (including phenoxy) is 2.